The standard InChI is InChI=1S/C16H23BrN2O3/c1-16(2,3)22-15(20)11-8-9-19(10-12(11)21-4)14-7-5-6-13(17)18-14/h5-7,11-12H,8-10H2,1-4H3/t11-,12+/m1/s1. The van der Waals surface area contributed by atoms with Crippen molar-refractivity contribution in [3.05, 3.63) is 22.8 Å². The highest BCUT2D eigenvalue weighted by Crippen LogP contribution is 2.27. The number of aromatic nitrogens is 1. The van der Waals surface area contributed by atoms with Gasteiger partial charge in [-0.25, -0.2) is 4.98 Å². The van der Waals surface area contributed by atoms with Gasteiger partial charge in [0.25, 0.3) is 0 Å². The van der Waals surface area contributed by atoms with Crippen LogP contribution in [0.3, 0.4) is 0 Å². The van der Waals surface area contributed by atoms with Gasteiger partial charge in [-0.2, -0.15) is 0 Å². The first-order chi connectivity index (χ1) is 10.3. The van der Waals surface area contributed by atoms with Gasteiger partial charge in [-0.3, -0.25) is 4.79 Å². The van der Waals surface area contributed by atoms with Crippen LogP contribution < -0.4 is 4.90 Å². The van der Waals surface area contributed by atoms with Gasteiger partial charge in [0.2, 0.25) is 0 Å². The lowest BCUT2D eigenvalue weighted by molar-refractivity contribution is -0.165. The fourth-order valence-corrected chi connectivity index (χ4v) is 2.92. The molecule has 5 nitrogen and oxygen atoms in total. The molecule has 6 heteroatoms. The molecule has 122 valence electrons. The van der Waals surface area contributed by atoms with Gasteiger partial charge in [-0.1, -0.05) is 6.07 Å². The molecule has 0 spiro atoms. The molecule has 0 unspecified atom stereocenters. The normalized spacial score (nSPS) is 22.5. The van der Waals surface area contributed by atoms with Crippen molar-refractivity contribution < 1.29 is 14.3 Å². The van der Waals surface area contributed by atoms with Crippen LogP contribution in [0.2, 0.25) is 0 Å². The first-order valence-corrected chi connectivity index (χ1v) is 8.22. The van der Waals surface area contributed by atoms with Crippen molar-refractivity contribution in [1.29, 1.82) is 0 Å². The minimum Gasteiger partial charge on any atom is -0.460 e. The summed E-state index contributed by atoms with van der Waals surface area (Å²) in [7, 11) is 1.64. The molecule has 2 rings (SSSR count). The second-order valence-corrected chi connectivity index (χ2v) is 7.28. The van der Waals surface area contributed by atoms with Crippen LogP contribution in [0.1, 0.15) is 27.2 Å². The molecule has 1 aliphatic rings. The second-order valence-electron chi connectivity index (χ2n) is 6.47. The van der Waals surface area contributed by atoms with E-state index in [0.29, 0.717) is 13.0 Å². The van der Waals surface area contributed by atoms with Gasteiger partial charge in [0.15, 0.2) is 0 Å². The molecule has 22 heavy (non-hydrogen) atoms. The van der Waals surface area contributed by atoms with E-state index >= 15 is 0 Å². The number of hydrogen-bond donors (Lipinski definition) is 0. The van der Waals surface area contributed by atoms with Crippen LogP contribution in [0.4, 0.5) is 5.82 Å². The molecule has 0 aliphatic carbocycles. The Morgan fingerprint density at radius 3 is 2.73 bits per heavy atom. The highest BCUT2D eigenvalue weighted by atomic mass is 79.9. The zero-order chi connectivity index (χ0) is 16.3. The number of esters is 1. The molecule has 0 radical (unpaired) electrons. The first kappa shape index (κ1) is 17.2. The summed E-state index contributed by atoms with van der Waals surface area (Å²) in [6, 6.07) is 5.81. The Hall–Kier alpha value is -1.14. The number of anilines is 1. The Morgan fingerprint density at radius 1 is 1.41 bits per heavy atom. The molecule has 2 heterocycles. The second kappa shape index (κ2) is 6.96. The lowest BCUT2D eigenvalue weighted by Crippen LogP contribution is -2.49. The zero-order valence-electron chi connectivity index (χ0n) is 13.5. The van der Waals surface area contributed by atoms with Crippen molar-refractivity contribution in [2.75, 3.05) is 25.1 Å². The number of ether oxygens (including phenoxy) is 2. The van der Waals surface area contributed by atoms with Crippen LogP contribution in [0, 0.1) is 5.92 Å². The lowest BCUT2D eigenvalue weighted by Gasteiger charge is -2.38. The maximum Gasteiger partial charge on any atom is 0.312 e. The van der Waals surface area contributed by atoms with E-state index < -0.39 is 5.60 Å². The Morgan fingerprint density at radius 2 is 2.14 bits per heavy atom. The largest absolute Gasteiger partial charge is 0.460 e. The molecular weight excluding hydrogens is 348 g/mol. The predicted molar refractivity (Wildman–Crippen MR) is 88.9 cm³/mol. The summed E-state index contributed by atoms with van der Waals surface area (Å²) in [5.74, 6) is 0.480. The van der Waals surface area contributed by atoms with Gasteiger partial charge in [0.1, 0.15) is 16.0 Å². The molecule has 1 aromatic heterocycles. The fraction of sp³-hybridized carbons (Fsp3) is 0.625. The van der Waals surface area contributed by atoms with E-state index in [9.17, 15) is 4.79 Å². The number of nitrogens with zero attached hydrogens (tertiary/aromatic N) is 2. The summed E-state index contributed by atoms with van der Waals surface area (Å²) in [6.07, 6.45) is 0.506. The van der Waals surface area contributed by atoms with E-state index in [1.54, 1.807) is 7.11 Å². The van der Waals surface area contributed by atoms with Crippen molar-refractivity contribution in [2.24, 2.45) is 5.92 Å². The number of methoxy groups -OCH3 is 1. The number of halogens is 1. The van der Waals surface area contributed by atoms with Crippen LogP contribution in [0.15, 0.2) is 22.8 Å². The molecule has 0 saturated carbocycles. The van der Waals surface area contributed by atoms with Crippen LogP contribution in [-0.4, -0.2) is 42.9 Å². The summed E-state index contributed by atoms with van der Waals surface area (Å²) in [6.45, 7) is 7.03. The monoisotopic (exact) mass is 370 g/mol. The number of rotatable bonds is 3. The van der Waals surface area contributed by atoms with Crippen LogP contribution >= 0.6 is 15.9 Å². The Bertz CT molecular complexity index is 530. The molecule has 1 aliphatic heterocycles. The molecule has 1 aromatic rings. The highest BCUT2D eigenvalue weighted by Gasteiger charge is 2.37. The third-order valence-corrected chi connectivity index (χ3v) is 4.04. The van der Waals surface area contributed by atoms with E-state index in [1.165, 1.54) is 0 Å². The minimum atomic E-state index is -0.474. The number of carbonyl (C=O) groups is 1. The van der Waals surface area contributed by atoms with Crippen LogP contribution in [0.25, 0.3) is 0 Å². The Kier molecular flexibility index (Phi) is 5.45. The smallest absolute Gasteiger partial charge is 0.312 e. The molecule has 1 saturated heterocycles. The summed E-state index contributed by atoms with van der Waals surface area (Å²) >= 11 is 3.39. The van der Waals surface area contributed by atoms with E-state index in [2.05, 4.69) is 25.8 Å². The minimum absolute atomic E-state index is 0.179. The summed E-state index contributed by atoms with van der Waals surface area (Å²) in [5.41, 5.74) is -0.474. The van der Waals surface area contributed by atoms with Crippen molar-refractivity contribution >= 4 is 27.7 Å². The van der Waals surface area contributed by atoms with Gasteiger partial charge >= 0.3 is 5.97 Å². The summed E-state index contributed by atoms with van der Waals surface area (Å²) in [5, 5.41) is 0. The SMILES string of the molecule is CO[C@H]1CN(c2cccc(Br)n2)CC[C@H]1C(=O)OC(C)(C)C. The van der Waals surface area contributed by atoms with Gasteiger partial charge in [0, 0.05) is 20.2 Å². The summed E-state index contributed by atoms with van der Waals surface area (Å²) < 4.78 is 11.8. The lowest BCUT2D eigenvalue weighted by atomic mass is 9.93. The van der Waals surface area contributed by atoms with E-state index in [1.807, 2.05) is 39.0 Å². The summed E-state index contributed by atoms with van der Waals surface area (Å²) in [4.78, 5) is 18.9. The molecule has 0 N–H and O–H groups in total. The van der Waals surface area contributed by atoms with E-state index in [-0.39, 0.29) is 18.0 Å². The van der Waals surface area contributed by atoms with Gasteiger partial charge in [0.05, 0.1) is 12.0 Å². The number of carbonyl (C=O) groups excluding carboxylic acids is 1. The van der Waals surface area contributed by atoms with E-state index in [0.717, 1.165) is 17.0 Å². The highest BCUT2D eigenvalue weighted by molar-refractivity contribution is 9.10. The van der Waals surface area contributed by atoms with Crippen molar-refractivity contribution in [3.63, 3.8) is 0 Å². The molecule has 0 bridgehead atoms. The maximum absolute atomic E-state index is 12.3. The first-order valence-electron chi connectivity index (χ1n) is 7.43. The van der Waals surface area contributed by atoms with Gasteiger partial charge in [-0.05, 0) is 55.3 Å². The molecule has 0 aromatic carbocycles. The number of pyridine rings is 1. The molecule has 2 atom stereocenters. The van der Waals surface area contributed by atoms with E-state index in [4.69, 9.17) is 9.47 Å². The van der Waals surface area contributed by atoms with Crippen molar-refractivity contribution in [2.45, 2.75) is 38.9 Å². The van der Waals surface area contributed by atoms with Crippen LogP contribution in [-0.2, 0) is 14.3 Å². The quantitative estimate of drug-likeness (QED) is 0.604. The average molecular weight is 371 g/mol. The Balaban J connectivity index is 2.06. The third-order valence-electron chi connectivity index (χ3n) is 3.60. The third kappa shape index (κ3) is 4.43. The van der Waals surface area contributed by atoms with Crippen LogP contribution in [0.5, 0.6) is 0 Å². The zero-order valence-corrected chi connectivity index (χ0v) is 15.1. The predicted octanol–water partition coefficient (Wildman–Crippen LogP) is 3.03. The van der Waals surface area contributed by atoms with Gasteiger partial charge < -0.3 is 14.4 Å². The topological polar surface area (TPSA) is 51.7 Å². The Labute approximate surface area is 140 Å². The van der Waals surface area contributed by atoms with Crippen molar-refractivity contribution in [1.82, 2.24) is 4.98 Å². The molecule has 0 amide bonds. The number of piperidine rings is 1. The number of hydrogen-bond acceptors (Lipinski definition) is 5. The van der Waals surface area contributed by atoms with Crippen molar-refractivity contribution in [3.8, 4) is 0 Å². The fourth-order valence-electron chi connectivity index (χ4n) is 2.58. The average Bonchev–Trinajstić information content (AvgIpc) is 2.44. The maximum atomic E-state index is 12.3. The van der Waals surface area contributed by atoms with Gasteiger partial charge in [-0.15, -0.1) is 0 Å². The molecular formula is C16H23BrN2O3. The molecule has 1 fully saturated rings.